The number of benzene rings is 6. The van der Waals surface area contributed by atoms with Gasteiger partial charge in [-0.3, -0.25) is 0 Å². The molecule has 0 saturated carbocycles. The molecule has 0 aliphatic heterocycles. The zero-order valence-corrected chi connectivity index (χ0v) is 18.3. The van der Waals surface area contributed by atoms with E-state index in [4.69, 9.17) is 0 Å². The van der Waals surface area contributed by atoms with Crippen LogP contribution in [-0.4, -0.2) is 0 Å². The minimum Gasteiger partial charge on any atom is -0.0616 e. The summed E-state index contributed by atoms with van der Waals surface area (Å²) in [6.07, 6.45) is 0. The Bertz CT molecular complexity index is 1490. The summed E-state index contributed by atoms with van der Waals surface area (Å²) in [6, 6.07) is 37.2. The van der Waals surface area contributed by atoms with Crippen molar-refractivity contribution in [1.29, 1.82) is 0 Å². The number of hydrogen-bond donors (Lipinski definition) is 0. The summed E-state index contributed by atoms with van der Waals surface area (Å²) in [4.78, 5) is 0. The Morgan fingerprint density at radius 3 is 1.13 bits per heavy atom. The van der Waals surface area contributed by atoms with E-state index < -0.39 is 0 Å². The second-order valence-corrected chi connectivity index (χ2v) is 8.53. The lowest BCUT2D eigenvalue weighted by atomic mass is 9.99. The van der Waals surface area contributed by atoms with Crippen LogP contribution in [0.2, 0.25) is 0 Å². The van der Waals surface area contributed by atoms with Crippen molar-refractivity contribution in [2.75, 3.05) is 0 Å². The third-order valence-corrected chi connectivity index (χ3v) is 6.18. The maximum Gasteiger partial charge on any atom is -0.0175 e. The van der Waals surface area contributed by atoms with Crippen molar-refractivity contribution in [3.05, 3.63) is 120 Å². The average Bonchev–Trinajstić information content (AvgIpc) is 2.78. The molecule has 6 aromatic carbocycles. The third kappa shape index (κ3) is 3.90. The summed E-state index contributed by atoms with van der Waals surface area (Å²) in [7, 11) is 0. The van der Waals surface area contributed by atoms with Gasteiger partial charge in [-0.05, 0) is 99.3 Å². The SMILES string of the molecule is Cc1cc2cc3ccccc3cc2cc1C.Cc1ccc2cc3ccccc3cc2c1. The second kappa shape index (κ2) is 7.89. The molecule has 0 nitrogen and oxygen atoms in total. The summed E-state index contributed by atoms with van der Waals surface area (Å²) in [5.41, 5.74) is 4.04. The van der Waals surface area contributed by atoms with Gasteiger partial charge >= 0.3 is 0 Å². The van der Waals surface area contributed by atoms with Gasteiger partial charge < -0.3 is 0 Å². The molecule has 31 heavy (non-hydrogen) atoms. The predicted octanol–water partition coefficient (Wildman–Crippen LogP) is 8.91. The Balaban J connectivity index is 0.000000132. The van der Waals surface area contributed by atoms with Gasteiger partial charge in [0.05, 0.1) is 0 Å². The highest BCUT2D eigenvalue weighted by atomic mass is 14.0. The first kappa shape index (κ1) is 19.3. The maximum absolute atomic E-state index is 2.27. The first-order chi connectivity index (χ1) is 15.1. The number of aryl methyl sites for hydroxylation is 3. The van der Waals surface area contributed by atoms with E-state index in [1.807, 2.05) is 0 Å². The Hall–Kier alpha value is -3.64. The van der Waals surface area contributed by atoms with Gasteiger partial charge in [0.15, 0.2) is 0 Å². The quantitative estimate of drug-likeness (QED) is 0.224. The molecule has 0 atom stereocenters. The van der Waals surface area contributed by atoms with Crippen LogP contribution in [0.5, 0.6) is 0 Å². The number of rotatable bonds is 0. The molecule has 0 spiro atoms. The minimum absolute atomic E-state index is 1.31. The number of fused-ring (bicyclic) bond motifs is 4. The van der Waals surface area contributed by atoms with E-state index in [9.17, 15) is 0 Å². The largest absolute Gasteiger partial charge is 0.0616 e. The van der Waals surface area contributed by atoms with Crippen LogP contribution in [0.1, 0.15) is 16.7 Å². The normalized spacial score (nSPS) is 11.1. The van der Waals surface area contributed by atoms with Crippen LogP contribution in [0, 0.1) is 20.8 Å². The molecule has 0 aliphatic carbocycles. The summed E-state index contributed by atoms with van der Waals surface area (Å²) in [5, 5.41) is 10.6. The summed E-state index contributed by atoms with van der Waals surface area (Å²) < 4.78 is 0. The molecule has 0 aliphatic rings. The van der Waals surface area contributed by atoms with E-state index >= 15 is 0 Å². The molecule has 150 valence electrons. The van der Waals surface area contributed by atoms with Crippen molar-refractivity contribution in [3.63, 3.8) is 0 Å². The van der Waals surface area contributed by atoms with Crippen LogP contribution in [0.3, 0.4) is 0 Å². The van der Waals surface area contributed by atoms with Gasteiger partial charge in [0.2, 0.25) is 0 Å². The molecule has 6 rings (SSSR count). The molecule has 0 heterocycles. The fraction of sp³-hybridized carbons (Fsp3) is 0.0968. The van der Waals surface area contributed by atoms with Crippen LogP contribution in [-0.2, 0) is 0 Å². The highest BCUT2D eigenvalue weighted by Gasteiger charge is 2.00. The van der Waals surface area contributed by atoms with E-state index in [2.05, 4.69) is 124 Å². The first-order valence-corrected chi connectivity index (χ1v) is 10.9. The molecular formula is C31H26. The van der Waals surface area contributed by atoms with Crippen LogP contribution >= 0.6 is 0 Å². The van der Waals surface area contributed by atoms with E-state index in [1.54, 1.807) is 0 Å². The van der Waals surface area contributed by atoms with Gasteiger partial charge in [-0.1, -0.05) is 84.4 Å². The summed E-state index contributed by atoms with van der Waals surface area (Å²) in [5.74, 6) is 0. The van der Waals surface area contributed by atoms with Crippen LogP contribution < -0.4 is 0 Å². The molecule has 6 aromatic rings. The average molecular weight is 399 g/mol. The van der Waals surface area contributed by atoms with Crippen LogP contribution in [0.25, 0.3) is 43.1 Å². The molecule has 0 radical (unpaired) electrons. The van der Waals surface area contributed by atoms with Gasteiger partial charge in [-0.25, -0.2) is 0 Å². The lowest BCUT2D eigenvalue weighted by Gasteiger charge is -2.06. The highest BCUT2D eigenvalue weighted by molar-refractivity contribution is 5.99. The minimum atomic E-state index is 1.31. The first-order valence-electron chi connectivity index (χ1n) is 10.9. The highest BCUT2D eigenvalue weighted by Crippen LogP contribution is 2.25. The molecular weight excluding hydrogens is 372 g/mol. The zero-order chi connectivity index (χ0) is 21.4. The molecule has 0 amide bonds. The predicted molar refractivity (Wildman–Crippen MR) is 137 cm³/mol. The van der Waals surface area contributed by atoms with E-state index in [0.717, 1.165) is 0 Å². The lowest BCUT2D eigenvalue weighted by Crippen LogP contribution is -1.82. The molecule has 0 bridgehead atoms. The van der Waals surface area contributed by atoms with Gasteiger partial charge in [-0.15, -0.1) is 0 Å². The summed E-state index contributed by atoms with van der Waals surface area (Å²) >= 11 is 0. The van der Waals surface area contributed by atoms with Gasteiger partial charge in [0.1, 0.15) is 0 Å². The van der Waals surface area contributed by atoms with Crippen molar-refractivity contribution in [1.82, 2.24) is 0 Å². The van der Waals surface area contributed by atoms with Crippen LogP contribution in [0.4, 0.5) is 0 Å². The standard InChI is InChI=1S/C16H14.C15H12/c1-11-7-15-9-13-5-3-4-6-14(13)10-16(15)8-12(11)2;1-11-6-7-14-9-12-4-2-3-5-13(12)10-15(14)8-11/h3-10H,1-2H3;2-10H,1H3. The van der Waals surface area contributed by atoms with Gasteiger partial charge in [0, 0.05) is 0 Å². The monoisotopic (exact) mass is 398 g/mol. The van der Waals surface area contributed by atoms with Crippen molar-refractivity contribution < 1.29 is 0 Å². The van der Waals surface area contributed by atoms with E-state index in [0.29, 0.717) is 0 Å². The second-order valence-electron chi connectivity index (χ2n) is 8.53. The molecule has 0 unspecified atom stereocenters. The van der Waals surface area contributed by atoms with E-state index in [-0.39, 0.29) is 0 Å². The maximum atomic E-state index is 2.27. The van der Waals surface area contributed by atoms with Crippen LogP contribution in [0.15, 0.2) is 103 Å². The van der Waals surface area contributed by atoms with Crippen molar-refractivity contribution in [3.8, 4) is 0 Å². The molecule has 0 heteroatoms. The van der Waals surface area contributed by atoms with Crippen molar-refractivity contribution in [2.24, 2.45) is 0 Å². The third-order valence-electron chi connectivity index (χ3n) is 6.18. The topological polar surface area (TPSA) is 0 Å². The van der Waals surface area contributed by atoms with Crippen molar-refractivity contribution in [2.45, 2.75) is 20.8 Å². The summed E-state index contributed by atoms with van der Waals surface area (Å²) in [6.45, 7) is 6.47. The van der Waals surface area contributed by atoms with Crippen molar-refractivity contribution >= 4 is 43.1 Å². The molecule has 0 aromatic heterocycles. The molecule has 0 fully saturated rings. The zero-order valence-electron chi connectivity index (χ0n) is 18.3. The van der Waals surface area contributed by atoms with Gasteiger partial charge in [0.25, 0.3) is 0 Å². The van der Waals surface area contributed by atoms with Gasteiger partial charge in [-0.2, -0.15) is 0 Å². The van der Waals surface area contributed by atoms with E-state index in [1.165, 1.54) is 59.8 Å². The Kier molecular flexibility index (Phi) is 4.92. The Morgan fingerprint density at radius 2 is 0.677 bits per heavy atom. The molecule has 0 saturated heterocycles. The number of hydrogen-bond acceptors (Lipinski definition) is 0. The fourth-order valence-corrected chi connectivity index (χ4v) is 4.28. The Labute approximate surface area is 183 Å². The Morgan fingerprint density at radius 1 is 0.323 bits per heavy atom. The molecule has 0 N–H and O–H groups in total. The fourth-order valence-electron chi connectivity index (χ4n) is 4.28. The smallest absolute Gasteiger partial charge is 0.0175 e. The lowest BCUT2D eigenvalue weighted by molar-refractivity contribution is 1.37.